The van der Waals surface area contributed by atoms with Gasteiger partial charge < -0.3 is 10.1 Å². The molecule has 2 heterocycles. The maximum Gasteiger partial charge on any atom is 0.253 e. The van der Waals surface area contributed by atoms with E-state index in [4.69, 9.17) is 4.74 Å². The van der Waals surface area contributed by atoms with Gasteiger partial charge in [0.25, 0.3) is 5.56 Å². The van der Waals surface area contributed by atoms with Gasteiger partial charge >= 0.3 is 0 Å². The molecular weight excluding hydrogens is 206 g/mol. The van der Waals surface area contributed by atoms with Crippen LogP contribution in [0, 0.1) is 5.92 Å². The summed E-state index contributed by atoms with van der Waals surface area (Å²) in [5, 5.41) is 3.34. The van der Waals surface area contributed by atoms with Crippen LogP contribution in [0.25, 0.3) is 0 Å². The summed E-state index contributed by atoms with van der Waals surface area (Å²) in [6.45, 7) is 4.17. The molecule has 5 heteroatoms. The highest BCUT2D eigenvalue weighted by Crippen LogP contribution is 2.10. The number of nitrogens with one attached hydrogen (secondary N) is 1. The number of rotatable bonds is 5. The average molecular weight is 223 g/mol. The topological polar surface area (TPSA) is 56.2 Å². The summed E-state index contributed by atoms with van der Waals surface area (Å²) in [6.07, 6.45) is 4.23. The van der Waals surface area contributed by atoms with Gasteiger partial charge in [-0.3, -0.25) is 9.36 Å². The van der Waals surface area contributed by atoms with Crippen LogP contribution in [-0.2, 0) is 11.3 Å². The Balaban J connectivity index is 1.68. The molecular formula is C11H17N3O2. The van der Waals surface area contributed by atoms with Crippen molar-refractivity contribution >= 4 is 0 Å². The van der Waals surface area contributed by atoms with E-state index in [1.165, 1.54) is 12.3 Å². The molecule has 5 nitrogen and oxygen atoms in total. The predicted octanol–water partition coefficient (Wildman–Crippen LogP) is -0.131. The first kappa shape index (κ1) is 11.3. The molecule has 1 atom stereocenters. The molecule has 1 unspecified atom stereocenters. The van der Waals surface area contributed by atoms with E-state index in [-0.39, 0.29) is 5.56 Å². The molecule has 88 valence electrons. The molecule has 1 aliphatic rings. The normalized spacial score (nSPS) is 20.1. The van der Waals surface area contributed by atoms with Crippen molar-refractivity contribution in [2.75, 3.05) is 26.3 Å². The van der Waals surface area contributed by atoms with Gasteiger partial charge in [0.2, 0.25) is 0 Å². The molecule has 1 aliphatic heterocycles. The van der Waals surface area contributed by atoms with Gasteiger partial charge in [-0.1, -0.05) is 0 Å². The fourth-order valence-corrected chi connectivity index (χ4v) is 1.80. The summed E-state index contributed by atoms with van der Waals surface area (Å²) in [5.74, 6) is 0.630. The van der Waals surface area contributed by atoms with Crippen molar-refractivity contribution in [3.05, 3.63) is 28.9 Å². The van der Waals surface area contributed by atoms with Crippen molar-refractivity contribution in [2.24, 2.45) is 5.92 Å². The lowest BCUT2D eigenvalue weighted by molar-refractivity contribution is 0.185. The highest BCUT2D eigenvalue weighted by Gasteiger charge is 2.14. The van der Waals surface area contributed by atoms with E-state index in [9.17, 15) is 4.79 Å². The van der Waals surface area contributed by atoms with Gasteiger partial charge in [-0.25, -0.2) is 4.98 Å². The van der Waals surface area contributed by atoms with Crippen molar-refractivity contribution in [1.82, 2.24) is 14.9 Å². The van der Waals surface area contributed by atoms with Crippen LogP contribution in [0.4, 0.5) is 0 Å². The van der Waals surface area contributed by atoms with E-state index in [0.717, 1.165) is 32.7 Å². The largest absolute Gasteiger partial charge is 0.381 e. The summed E-state index contributed by atoms with van der Waals surface area (Å²) in [7, 11) is 0. The van der Waals surface area contributed by atoms with E-state index in [1.807, 2.05) is 0 Å². The van der Waals surface area contributed by atoms with Gasteiger partial charge in [-0.05, 0) is 12.3 Å². The summed E-state index contributed by atoms with van der Waals surface area (Å²) in [5.41, 5.74) is 0.000926. The van der Waals surface area contributed by atoms with Crippen LogP contribution in [0.2, 0.25) is 0 Å². The highest BCUT2D eigenvalue weighted by atomic mass is 16.5. The quantitative estimate of drug-likeness (QED) is 0.706. The third-order valence-corrected chi connectivity index (χ3v) is 2.78. The van der Waals surface area contributed by atoms with Crippen LogP contribution in [0.1, 0.15) is 6.42 Å². The highest BCUT2D eigenvalue weighted by molar-refractivity contribution is 4.82. The minimum atomic E-state index is 0.000926. The van der Waals surface area contributed by atoms with Crippen molar-refractivity contribution < 1.29 is 4.74 Å². The lowest BCUT2D eigenvalue weighted by Gasteiger charge is -2.09. The van der Waals surface area contributed by atoms with Gasteiger partial charge in [0.1, 0.15) is 0 Å². The molecule has 0 amide bonds. The summed E-state index contributed by atoms with van der Waals surface area (Å²) in [6, 6.07) is 1.48. The van der Waals surface area contributed by atoms with Crippen molar-refractivity contribution in [3.63, 3.8) is 0 Å². The minimum absolute atomic E-state index is 0.000926. The summed E-state index contributed by atoms with van der Waals surface area (Å²) in [4.78, 5) is 15.3. The summed E-state index contributed by atoms with van der Waals surface area (Å²) >= 11 is 0. The fraction of sp³-hybridized carbons (Fsp3) is 0.636. The SMILES string of the molecule is O=c1ccncn1CCNCC1CCOC1. The zero-order chi connectivity index (χ0) is 11.2. The third kappa shape index (κ3) is 3.15. The molecule has 0 spiro atoms. The maximum absolute atomic E-state index is 11.3. The number of nitrogens with zero attached hydrogens (tertiary/aromatic N) is 2. The Morgan fingerprint density at radius 2 is 2.56 bits per heavy atom. The molecule has 1 aromatic rings. The molecule has 0 saturated carbocycles. The van der Waals surface area contributed by atoms with Crippen LogP contribution in [0.5, 0.6) is 0 Å². The maximum atomic E-state index is 11.3. The third-order valence-electron chi connectivity index (χ3n) is 2.78. The zero-order valence-electron chi connectivity index (χ0n) is 9.26. The number of hydrogen-bond acceptors (Lipinski definition) is 4. The van der Waals surface area contributed by atoms with Gasteiger partial charge in [-0.2, -0.15) is 0 Å². The Morgan fingerprint density at radius 1 is 1.62 bits per heavy atom. The first-order valence-electron chi connectivity index (χ1n) is 5.65. The molecule has 1 aromatic heterocycles. The van der Waals surface area contributed by atoms with E-state index >= 15 is 0 Å². The lowest BCUT2D eigenvalue weighted by Crippen LogP contribution is -2.29. The second-order valence-corrected chi connectivity index (χ2v) is 4.05. The molecule has 0 radical (unpaired) electrons. The van der Waals surface area contributed by atoms with Crippen LogP contribution in [0.3, 0.4) is 0 Å². The number of aromatic nitrogens is 2. The molecule has 0 bridgehead atoms. The van der Waals surface area contributed by atoms with E-state index in [2.05, 4.69) is 10.3 Å². The van der Waals surface area contributed by atoms with E-state index in [0.29, 0.717) is 12.5 Å². The summed E-state index contributed by atoms with van der Waals surface area (Å²) < 4.78 is 6.90. The second kappa shape index (κ2) is 5.77. The Labute approximate surface area is 94.5 Å². The Hall–Kier alpha value is -1.20. The first-order valence-corrected chi connectivity index (χ1v) is 5.65. The first-order chi connectivity index (χ1) is 7.86. The van der Waals surface area contributed by atoms with Crippen molar-refractivity contribution in [2.45, 2.75) is 13.0 Å². The van der Waals surface area contributed by atoms with Crippen LogP contribution >= 0.6 is 0 Å². The molecule has 16 heavy (non-hydrogen) atoms. The van der Waals surface area contributed by atoms with Gasteiger partial charge in [0.05, 0.1) is 12.9 Å². The lowest BCUT2D eigenvalue weighted by atomic mass is 10.1. The van der Waals surface area contributed by atoms with Gasteiger partial charge in [0.15, 0.2) is 0 Å². The second-order valence-electron chi connectivity index (χ2n) is 4.05. The van der Waals surface area contributed by atoms with Crippen molar-refractivity contribution in [3.8, 4) is 0 Å². The zero-order valence-corrected chi connectivity index (χ0v) is 9.26. The van der Waals surface area contributed by atoms with Crippen molar-refractivity contribution in [1.29, 1.82) is 0 Å². The minimum Gasteiger partial charge on any atom is -0.381 e. The number of ether oxygens (including phenoxy) is 1. The molecule has 0 aromatic carbocycles. The van der Waals surface area contributed by atoms with Crippen LogP contribution < -0.4 is 10.9 Å². The molecule has 1 N–H and O–H groups in total. The average Bonchev–Trinajstić information content (AvgIpc) is 2.79. The van der Waals surface area contributed by atoms with Gasteiger partial charge in [0, 0.05) is 38.5 Å². The standard InChI is InChI=1S/C11H17N3O2/c15-11-1-3-13-9-14(11)5-4-12-7-10-2-6-16-8-10/h1,3,9-10,12H,2,4-8H2. The smallest absolute Gasteiger partial charge is 0.253 e. The Morgan fingerprint density at radius 3 is 3.31 bits per heavy atom. The van der Waals surface area contributed by atoms with Crippen LogP contribution in [0.15, 0.2) is 23.4 Å². The molecule has 2 rings (SSSR count). The Kier molecular flexibility index (Phi) is 4.07. The Bertz CT molecular complexity index is 371. The molecule has 1 saturated heterocycles. The molecule has 0 aliphatic carbocycles. The van der Waals surface area contributed by atoms with Gasteiger partial charge in [-0.15, -0.1) is 0 Å². The predicted molar refractivity (Wildman–Crippen MR) is 60.3 cm³/mol. The van der Waals surface area contributed by atoms with E-state index < -0.39 is 0 Å². The van der Waals surface area contributed by atoms with E-state index in [1.54, 1.807) is 10.9 Å². The number of hydrogen-bond donors (Lipinski definition) is 1. The fourth-order valence-electron chi connectivity index (χ4n) is 1.80. The monoisotopic (exact) mass is 223 g/mol. The molecule has 1 fully saturated rings. The van der Waals surface area contributed by atoms with Crippen LogP contribution in [-0.4, -0.2) is 35.9 Å².